The molecule has 1 heterocycles. The Bertz CT molecular complexity index is 218. The van der Waals surface area contributed by atoms with Crippen molar-refractivity contribution in [3.8, 4) is 0 Å². The van der Waals surface area contributed by atoms with Gasteiger partial charge in [-0.15, -0.1) is 0 Å². The van der Waals surface area contributed by atoms with E-state index in [0.29, 0.717) is 0 Å². The molecule has 15 heavy (non-hydrogen) atoms. The second kappa shape index (κ2) is 9.70. The molecule has 0 atom stereocenters. The van der Waals surface area contributed by atoms with Crippen LogP contribution in [0.5, 0.6) is 0 Å². The van der Waals surface area contributed by atoms with Crippen molar-refractivity contribution in [2.75, 3.05) is 0 Å². The zero-order valence-electron chi connectivity index (χ0n) is 10.7. The summed E-state index contributed by atoms with van der Waals surface area (Å²) < 4.78 is 0. The molecule has 0 fully saturated rings. The van der Waals surface area contributed by atoms with Crippen LogP contribution in [0.25, 0.3) is 0 Å². The van der Waals surface area contributed by atoms with Crippen molar-refractivity contribution >= 4 is 0 Å². The smallest absolute Gasteiger partial charge is 0.0435 e. The largest absolute Gasteiger partial charge is 0.261 e. The molecule has 0 radical (unpaired) electrons. The number of fused-ring (bicyclic) bond motifs is 1. The lowest BCUT2D eigenvalue weighted by molar-refractivity contribution is 0.668. The third kappa shape index (κ3) is 5.56. The van der Waals surface area contributed by atoms with Crippen molar-refractivity contribution in [1.82, 2.24) is 4.98 Å². The number of nitrogens with zero attached hydrogens (tertiary/aromatic N) is 1. The van der Waals surface area contributed by atoms with Gasteiger partial charge in [-0.1, -0.05) is 40.2 Å². The Morgan fingerprint density at radius 3 is 2.33 bits per heavy atom. The summed E-state index contributed by atoms with van der Waals surface area (Å²) in [6, 6.07) is 4.23. The molecule has 1 nitrogen and oxygen atoms in total. The summed E-state index contributed by atoms with van der Waals surface area (Å²) in [5, 5.41) is 0. The summed E-state index contributed by atoms with van der Waals surface area (Å²) in [7, 11) is 0. The number of hydrogen-bond donors (Lipinski definition) is 0. The summed E-state index contributed by atoms with van der Waals surface area (Å²) in [5.74, 6) is 0. The van der Waals surface area contributed by atoms with E-state index in [-0.39, 0.29) is 0 Å². The Morgan fingerprint density at radius 2 is 1.73 bits per heavy atom. The molecule has 0 saturated heterocycles. The van der Waals surface area contributed by atoms with Crippen molar-refractivity contribution in [2.24, 2.45) is 0 Å². The van der Waals surface area contributed by atoms with Gasteiger partial charge in [0, 0.05) is 11.9 Å². The first kappa shape index (κ1) is 14.2. The molecule has 0 spiro atoms. The van der Waals surface area contributed by atoms with Gasteiger partial charge in [0.05, 0.1) is 0 Å². The molecule has 86 valence electrons. The van der Waals surface area contributed by atoms with E-state index in [1.165, 1.54) is 43.4 Å². The maximum Gasteiger partial charge on any atom is 0.0435 e. The van der Waals surface area contributed by atoms with Gasteiger partial charge in [-0.25, -0.2) is 0 Å². The molecule has 1 aromatic heterocycles. The molecule has 1 aliphatic carbocycles. The first-order chi connectivity index (χ1) is 7.38. The molecule has 0 N–H and O–H groups in total. The standard InChI is InChI=1S/C9H11N.C3H8.C2H6/c1-2-6-9-8(4-1)5-3-7-10-9;1-3-2;1-2/h3,5,7H,1-2,4,6H2;3H2,1-2H3;1-2H3. The highest BCUT2D eigenvalue weighted by atomic mass is 14.7. The van der Waals surface area contributed by atoms with Crippen LogP contribution in [-0.4, -0.2) is 4.98 Å². The van der Waals surface area contributed by atoms with Gasteiger partial charge in [0.25, 0.3) is 0 Å². The molecule has 1 aliphatic rings. The molecule has 2 rings (SSSR count). The number of rotatable bonds is 0. The molecule has 0 saturated carbocycles. The van der Waals surface area contributed by atoms with Gasteiger partial charge in [0.2, 0.25) is 0 Å². The van der Waals surface area contributed by atoms with Gasteiger partial charge in [-0.05, 0) is 37.3 Å². The maximum atomic E-state index is 4.32. The average Bonchev–Trinajstić information content (AvgIpc) is 2.33. The molecule has 0 aliphatic heterocycles. The molecule has 0 aromatic carbocycles. The van der Waals surface area contributed by atoms with Gasteiger partial charge in [-0.2, -0.15) is 0 Å². The Morgan fingerprint density at radius 1 is 1.13 bits per heavy atom. The summed E-state index contributed by atoms with van der Waals surface area (Å²) in [6.45, 7) is 8.25. The van der Waals surface area contributed by atoms with Crippen LogP contribution < -0.4 is 0 Å². The van der Waals surface area contributed by atoms with Crippen molar-refractivity contribution < 1.29 is 0 Å². The van der Waals surface area contributed by atoms with Crippen LogP contribution in [0.1, 0.15) is 58.2 Å². The zero-order valence-corrected chi connectivity index (χ0v) is 10.7. The quantitative estimate of drug-likeness (QED) is 0.614. The minimum atomic E-state index is 1.19. The summed E-state index contributed by atoms with van der Waals surface area (Å²) in [5.41, 5.74) is 2.79. The molecule has 0 amide bonds. The van der Waals surface area contributed by atoms with Crippen LogP contribution in [0.15, 0.2) is 18.3 Å². The van der Waals surface area contributed by atoms with E-state index < -0.39 is 0 Å². The topological polar surface area (TPSA) is 12.9 Å². The van der Waals surface area contributed by atoms with Crippen molar-refractivity contribution in [3.05, 3.63) is 29.6 Å². The first-order valence-electron chi connectivity index (χ1n) is 6.31. The molecule has 0 unspecified atom stereocenters. The number of aryl methyl sites for hydroxylation is 2. The molecule has 1 heteroatoms. The van der Waals surface area contributed by atoms with E-state index in [0.717, 1.165) is 0 Å². The highest BCUT2D eigenvalue weighted by molar-refractivity contribution is 5.21. The van der Waals surface area contributed by atoms with Gasteiger partial charge in [-0.3, -0.25) is 4.98 Å². The Kier molecular flexibility index (Phi) is 9.15. The average molecular weight is 207 g/mol. The number of pyridine rings is 1. The zero-order chi connectivity index (χ0) is 11.5. The second-order valence-electron chi connectivity index (χ2n) is 3.52. The van der Waals surface area contributed by atoms with E-state index in [1.54, 1.807) is 0 Å². The predicted molar refractivity (Wildman–Crippen MR) is 68.2 cm³/mol. The first-order valence-corrected chi connectivity index (χ1v) is 6.31. The second-order valence-corrected chi connectivity index (χ2v) is 3.52. The van der Waals surface area contributed by atoms with Crippen LogP contribution >= 0.6 is 0 Å². The SMILES string of the molecule is CC.CCC.c1cnc2c(c1)CCCC2. The van der Waals surface area contributed by atoms with E-state index >= 15 is 0 Å². The molecular weight excluding hydrogens is 182 g/mol. The van der Waals surface area contributed by atoms with Gasteiger partial charge in [0.1, 0.15) is 0 Å². The fraction of sp³-hybridized carbons (Fsp3) is 0.643. The van der Waals surface area contributed by atoms with Gasteiger partial charge < -0.3 is 0 Å². The fourth-order valence-electron chi connectivity index (χ4n) is 1.53. The molecular formula is C14H25N. The fourth-order valence-corrected chi connectivity index (χ4v) is 1.53. The Balaban J connectivity index is 0.000000342. The lowest BCUT2D eigenvalue weighted by atomic mass is 9.96. The van der Waals surface area contributed by atoms with Gasteiger partial charge >= 0.3 is 0 Å². The summed E-state index contributed by atoms with van der Waals surface area (Å²) in [6.07, 6.45) is 8.24. The van der Waals surface area contributed by atoms with Crippen LogP contribution in [0.4, 0.5) is 0 Å². The van der Waals surface area contributed by atoms with Crippen LogP contribution in [0, 0.1) is 0 Å². The number of hydrogen-bond acceptors (Lipinski definition) is 1. The van der Waals surface area contributed by atoms with Crippen LogP contribution in [0.2, 0.25) is 0 Å². The number of aromatic nitrogens is 1. The highest BCUT2D eigenvalue weighted by Crippen LogP contribution is 2.17. The van der Waals surface area contributed by atoms with E-state index in [2.05, 4.69) is 24.9 Å². The Hall–Kier alpha value is -0.850. The van der Waals surface area contributed by atoms with E-state index in [4.69, 9.17) is 0 Å². The lowest BCUT2D eigenvalue weighted by Crippen LogP contribution is -2.03. The highest BCUT2D eigenvalue weighted by Gasteiger charge is 2.07. The third-order valence-electron chi connectivity index (χ3n) is 2.09. The van der Waals surface area contributed by atoms with Crippen LogP contribution in [0.3, 0.4) is 0 Å². The molecule has 0 bridgehead atoms. The van der Waals surface area contributed by atoms with Crippen molar-refractivity contribution in [3.63, 3.8) is 0 Å². The summed E-state index contributed by atoms with van der Waals surface area (Å²) in [4.78, 5) is 4.32. The van der Waals surface area contributed by atoms with E-state index in [1.807, 2.05) is 26.1 Å². The summed E-state index contributed by atoms with van der Waals surface area (Å²) >= 11 is 0. The molecule has 1 aromatic rings. The van der Waals surface area contributed by atoms with E-state index in [9.17, 15) is 0 Å². The monoisotopic (exact) mass is 207 g/mol. The minimum Gasteiger partial charge on any atom is -0.261 e. The van der Waals surface area contributed by atoms with Crippen molar-refractivity contribution in [1.29, 1.82) is 0 Å². The normalized spacial score (nSPS) is 12.5. The van der Waals surface area contributed by atoms with Crippen LogP contribution in [-0.2, 0) is 12.8 Å². The minimum absolute atomic E-state index is 1.19. The Labute approximate surface area is 94.9 Å². The third-order valence-corrected chi connectivity index (χ3v) is 2.09. The lowest BCUT2D eigenvalue weighted by Gasteiger charge is -2.12. The predicted octanol–water partition coefficient (Wildman–Crippen LogP) is 4.40. The van der Waals surface area contributed by atoms with Gasteiger partial charge in [0.15, 0.2) is 0 Å². The maximum absolute atomic E-state index is 4.32. The van der Waals surface area contributed by atoms with Crippen molar-refractivity contribution in [2.45, 2.75) is 59.8 Å².